The summed E-state index contributed by atoms with van der Waals surface area (Å²) in [5, 5.41) is 9.27. The number of carbonyl (C=O) groups excluding carboxylic acids is 1. The number of alkyl halides is 3. The molecule has 0 amide bonds. The highest BCUT2D eigenvalue weighted by atomic mass is 31.2. The van der Waals surface area contributed by atoms with Crippen molar-refractivity contribution >= 4 is 14.1 Å². The number of aromatic nitrogens is 1. The number of pyridine rings is 1. The van der Waals surface area contributed by atoms with Gasteiger partial charge in [-0.3, -0.25) is 9.32 Å². The molecule has 3 N–H and O–H groups in total. The van der Waals surface area contributed by atoms with E-state index in [2.05, 4.69) is 9.51 Å². The first-order valence-corrected chi connectivity index (χ1v) is 6.02. The molecule has 0 aromatic carbocycles. The number of phosphoric ester groups is 1. The van der Waals surface area contributed by atoms with Crippen molar-refractivity contribution in [3.8, 4) is 5.75 Å². The maximum atomic E-state index is 12.4. The Labute approximate surface area is 103 Å². The minimum Gasteiger partial charge on any atom is -0.505 e. The molecular formula is C8H7F3NO6P. The van der Waals surface area contributed by atoms with E-state index in [1.165, 1.54) is 0 Å². The van der Waals surface area contributed by atoms with E-state index in [9.17, 15) is 27.6 Å². The van der Waals surface area contributed by atoms with Crippen LogP contribution < -0.4 is 0 Å². The molecule has 0 aliphatic carbocycles. The van der Waals surface area contributed by atoms with Crippen molar-refractivity contribution in [3.05, 3.63) is 23.0 Å². The standard InChI is InChI=1S/C8H7F3NO6P/c9-8(10,11)7-6(14)5(2-13)4(1-12-7)3-18-19(15,16)17/h1-2,14H,3H2,(H2,15,16,17). The molecule has 0 aliphatic heterocycles. The number of hydrogen-bond donors (Lipinski definition) is 3. The molecule has 0 saturated carbocycles. The normalized spacial score (nSPS) is 12.5. The number of rotatable bonds is 4. The lowest BCUT2D eigenvalue weighted by atomic mass is 10.1. The molecule has 1 heterocycles. The van der Waals surface area contributed by atoms with Crippen LogP contribution in [-0.2, 0) is 21.9 Å². The van der Waals surface area contributed by atoms with Gasteiger partial charge in [-0.05, 0) is 0 Å². The fourth-order valence-corrected chi connectivity index (χ4v) is 1.47. The molecular weight excluding hydrogens is 294 g/mol. The van der Waals surface area contributed by atoms with E-state index < -0.39 is 37.6 Å². The minimum atomic E-state index is -4.97. The topological polar surface area (TPSA) is 117 Å². The van der Waals surface area contributed by atoms with Gasteiger partial charge in [-0.15, -0.1) is 0 Å². The van der Waals surface area contributed by atoms with Crippen LogP contribution in [0.1, 0.15) is 21.6 Å². The third-order valence-corrected chi connectivity index (χ3v) is 2.41. The van der Waals surface area contributed by atoms with Gasteiger partial charge in [0.25, 0.3) is 0 Å². The Hall–Kier alpha value is -1.48. The largest absolute Gasteiger partial charge is 0.505 e. The monoisotopic (exact) mass is 301 g/mol. The highest BCUT2D eigenvalue weighted by Gasteiger charge is 2.37. The van der Waals surface area contributed by atoms with Crippen molar-refractivity contribution in [2.75, 3.05) is 0 Å². The summed E-state index contributed by atoms with van der Waals surface area (Å²) in [6, 6.07) is 0. The number of nitrogens with zero attached hydrogens (tertiary/aromatic N) is 1. The molecule has 7 nitrogen and oxygen atoms in total. The molecule has 19 heavy (non-hydrogen) atoms. The van der Waals surface area contributed by atoms with E-state index in [4.69, 9.17) is 9.79 Å². The zero-order valence-corrected chi connectivity index (χ0v) is 9.85. The second-order valence-corrected chi connectivity index (χ2v) is 4.51. The van der Waals surface area contributed by atoms with Gasteiger partial charge in [0.1, 0.15) is 0 Å². The van der Waals surface area contributed by atoms with Crippen molar-refractivity contribution in [2.45, 2.75) is 12.8 Å². The molecule has 0 bridgehead atoms. The molecule has 0 spiro atoms. The van der Waals surface area contributed by atoms with Crippen LogP contribution in [0.25, 0.3) is 0 Å². The quantitative estimate of drug-likeness (QED) is 0.565. The molecule has 1 aromatic heterocycles. The van der Waals surface area contributed by atoms with Crippen molar-refractivity contribution < 1.29 is 41.9 Å². The molecule has 0 aliphatic rings. The summed E-state index contributed by atoms with van der Waals surface area (Å²) >= 11 is 0. The van der Waals surface area contributed by atoms with E-state index in [1.54, 1.807) is 0 Å². The lowest BCUT2D eigenvalue weighted by Crippen LogP contribution is -2.11. The lowest BCUT2D eigenvalue weighted by molar-refractivity contribution is -0.142. The highest BCUT2D eigenvalue weighted by molar-refractivity contribution is 7.46. The second kappa shape index (κ2) is 5.25. The Morgan fingerprint density at radius 3 is 2.42 bits per heavy atom. The number of aromatic hydroxyl groups is 1. The Morgan fingerprint density at radius 2 is 2.00 bits per heavy atom. The van der Waals surface area contributed by atoms with Crippen molar-refractivity contribution in [1.82, 2.24) is 4.98 Å². The van der Waals surface area contributed by atoms with Crippen LogP contribution in [0.5, 0.6) is 5.75 Å². The summed E-state index contributed by atoms with van der Waals surface area (Å²) in [6.07, 6.45) is -4.52. The van der Waals surface area contributed by atoms with Gasteiger partial charge in [-0.2, -0.15) is 13.2 Å². The Balaban J connectivity index is 3.20. The zero-order valence-electron chi connectivity index (χ0n) is 8.96. The van der Waals surface area contributed by atoms with Crippen LogP contribution >= 0.6 is 7.82 Å². The van der Waals surface area contributed by atoms with Crippen LogP contribution in [0, 0.1) is 0 Å². The minimum absolute atomic E-state index is 0.0926. The summed E-state index contributed by atoms with van der Waals surface area (Å²) in [5.41, 5.74) is -2.85. The van der Waals surface area contributed by atoms with Gasteiger partial charge in [0.2, 0.25) is 0 Å². The number of hydrogen-bond acceptors (Lipinski definition) is 5. The number of carbonyl (C=O) groups is 1. The van der Waals surface area contributed by atoms with Crippen LogP contribution in [0.2, 0.25) is 0 Å². The van der Waals surface area contributed by atoms with E-state index in [0.717, 1.165) is 0 Å². The average molecular weight is 301 g/mol. The maximum Gasteiger partial charge on any atom is 0.469 e. The summed E-state index contributed by atoms with van der Waals surface area (Å²) in [6.45, 7) is -0.878. The Morgan fingerprint density at radius 1 is 1.42 bits per heavy atom. The molecule has 0 fully saturated rings. The summed E-state index contributed by atoms with van der Waals surface area (Å²) in [5.74, 6) is -1.42. The Bertz CT molecular complexity index is 540. The van der Waals surface area contributed by atoms with Gasteiger partial charge in [0.05, 0.1) is 12.2 Å². The first-order chi connectivity index (χ1) is 8.56. The van der Waals surface area contributed by atoms with Crippen molar-refractivity contribution in [3.63, 3.8) is 0 Å². The van der Waals surface area contributed by atoms with Crippen LogP contribution in [-0.4, -0.2) is 26.2 Å². The van der Waals surface area contributed by atoms with Gasteiger partial charge < -0.3 is 14.9 Å². The van der Waals surface area contributed by atoms with Crippen LogP contribution in [0.15, 0.2) is 6.20 Å². The van der Waals surface area contributed by atoms with Gasteiger partial charge in [0.15, 0.2) is 17.7 Å². The first-order valence-electron chi connectivity index (χ1n) is 4.49. The number of halogens is 3. The highest BCUT2D eigenvalue weighted by Crippen LogP contribution is 2.39. The Kier molecular flexibility index (Phi) is 4.31. The molecule has 0 saturated heterocycles. The SMILES string of the molecule is O=Cc1c(COP(=O)(O)O)cnc(C(F)(F)F)c1O. The predicted octanol–water partition coefficient (Wildman–Crippen LogP) is 1.23. The number of aldehydes is 1. The third-order valence-electron chi connectivity index (χ3n) is 1.95. The summed E-state index contributed by atoms with van der Waals surface area (Å²) in [4.78, 5) is 30.4. The maximum absolute atomic E-state index is 12.4. The third kappa shape index (κ3) is 4.00. The first kappa shape index (κ1) is 15.6. The molecule has 11 heteroatoms. The molecule has 0 radical (unpaired) electrons. The van der Waals surface area contributed by atoms with Gasteiger partial charge in [-0.25, -0.2) is 9.55 Å². The summed E-state index contributed by atoms with van der Waals surface area (Å²) < 4.78 is 51.6. The molecule has 0 atom stereocenters. The van der Waals surface area contributed by atoms with E-state index in [0.29, 0.717) is 6.20 Å². The fraction of sp³-hybridized carbons (Fsp3) is 0.250. The predicted molar refractivity (Wildman–Crippen MR) is 53.1 cm³/mol. The van der Waals surface area contributed by atoms with Crippen LogP contribution in [0.4, 0.5) is 13.2 Å². The molecule has 0 unspecified atom stereocenters. The fourth-order valence-electron chi connectivity index (χ4n) is 1.16. The van der Waals surface area contributed by atoms with E-state index in [-0.39, 0.29) is 11.8 Å². The van der Waals surface area contributed by atoms with Gasteiger partial charge in [-0.1, -0.05) is 0 Å². The smallest absolute Gasteiger partial charge is 0.469 e. The second-order valence-electron chi connectivity index (χ2n) is 3.27. The van der Waals surface area contributed by atoms with Gasteiger partial charge >= 0.3 is 14.0 Å². The lowest BCUT2D eigenvalue weighted by Gasteiger charge is -2.12. The zero-order chi connectivity index (χ0) is 14.8. The molecule has 1 aromatic rings. The van der Waals surface area contributed by atoms with Crippen molar-refractivity contribution in [1.29, 1.82) is 0 Å². The van der Waals surface area contributed by atoms with Gasteiger partial charge in [0, 0.05) is 11.8 Å². The van der Waals surface area contributed by atoms with Crippen molar-refractivity contribution in [2.24, 2.45) is 0 Å². The molecule has 106 valence electrons. The van der Waals surface area contributed by atoms with E-state index >= 15 is 0 Å². The average Bonchev–Trinajstić information content (AvgIpc) is 2.23. The molecule has 1 rings (SSSR count). The van der Waals surface area contributed by atoms with Crippen LogP contribution in [0.3, 0.4) is 0 Å². The summed E-state index contributed by atoms with van der Waals surface area (Å²) in [7, 11) is -4.87. The number of phosphoric acid groups is 1. The van der Waals surface area contributed by atoms with E-state index in [1.807, 2.05) is 0 Å².